The standard InChI is InChI=1S/C30H35N3O2/c34-29(21-24-12-17-32(18-13-24)23-25-7-2-1-3-8-25)26-9-6-10-28(22-26)35-27-14-19-33(20-15-27)30-11-4-5-16-31-30/h1-11,16,22,24,27H,12-15,17-21,23H2. The lowest BCUT2D eigenvalue weighted by Gasteiger charge is -2.33. The van der Waals surface area contributed by atoms with E-state index in [0.717, 1.165) is 75.5 Å². The van der Waals surface area contributed by atoms with Crippen molar-refractivity contribution in [2.24, 2.45) is 5.92 Å². The van der Waals surface area contributed by atoms with Crippen LogP contribution in [0, 0.1) is 5.92 Å². The summed E-state index contributed by atoms with van der Waals surface area (Å²) in [6.45, 7) is 4.99. The lowest BCUT2D eigenvalue weighted by Crippen LogP contribution is -2.38. The first kappa shape index (κ1) is 23.6. The third-order valence-corrected chi connectivity index (χ3v) is 7.30. The van der Waals surface area contributed by atoms with E-state index in [1.54, 1.807) is 0 Å². The molecule has 5 rings (SSSR count). The maximum absolute atomic E-state index is 13.0. The third-order valence-electron chi connectivity index (χ3n) is 7.30. The van der Waals surface area contributed by atoms with E-state index >= 15 is 0 Å². The molecule has 3 aromatic rings. The van der Waals surface area contributed by atoms with Crippen molar-refractivity contribution in [2.75, 3.05) is 31.1 Å². The summed E-state index contributed by atoms with van der Waals surface area (Å²) in [7, 11) is 0. The maximum Gasteiger partial charge on any atom is 0.163 e. The van der Waals surface area contributed by atoms with Crippen molar-refractivity contribution < 1.29 is 9.53 Å². The van der Waals surface area contributed by atoms with Gasteiger partial charge >= 0.3 is 0 Å². The number of carbonyl (C=O) groups is 1. The van der Waals surface area contributed by atoms with E-state index in [0.29, 0.717) is 12.3 Å². The molecule has 0 aliphatic carbocycles. The highest BCUT2D eigenvalue weighted by Gasteiger charge is 2.24. The van der Waals surface area contributed by atoms with Crippen molar-refractivity contribution in [1.29, 1.82) is 0 Å². The lowest BCUT2D eigenvalue weighted by molar-refractivity contribution is 0.0924. The van der Waals surface area contributed by atoms with Gasteiger partial charge in [0.1, 0.15) is 17.7 Å². The number of aromatic nitrogens is 1. The van der Waals surface area contributed by atoms with Crippen LogP contribution in [0.15, 0.2) is 79.0 Å². The summed E-state index contributed by atoms with van der Waals surface area (Å²) in [5, 5.41) is 0. The molecule has 2 aliphatic heterocycles. The van der Waals surface area contributed by atoms with Crippen LogP contribution in [-0.2, 0) is 6.54 Å². The summed E-state index contributed by atoms with van der Waals surface area (Å²) in [6.07, 6.45) is 6.73. The summed E-state index contributed by atoms with van der Waals surface area (Å²) in [5.74, 6) is 2.55. The van der Waals surface area contributed by atoms with E-state index in [1.165, 1.54) is 5.56 Å². The van der Waals surface area contributed by atoms with Crippen molar-refractivity contribution in [1.82, 2.24) is 9.88 Å². The number of likely N-dealkylation sites (tertiary alicyclic amines) is 1. The van der Waals surface area contributed by atoms with Crippen LogP contribution >= 0.6 is 0 Å². The zero-order chi connectivity index (χ0) is 23.9. The van der Waals surface area contributed by atoms with Crippen LogP contribution in [0.4, 0.5) is 5.82 Å². The minimum Gasteiger partial charge on any atom is -0.490 e. The van der Waals surface area contributed by atoms with E-state index in [4.69, 9.17) is 4.74 Å². The molecule has 3 heterocycles. The molecule has 1 aromatic heterocycles. The minimum atomic E-state index is 0.175. The molecular weight excluding hydrogens is 434 g/mol. The molecule has 0 atom stereocenters. The number of pyridine rings is 1. The van der Waals surface area contributed by atoms with Gasteiger partial charge in [0.05, 0.1) is 0 Å². The molecule has 182 valence electrons. The molecule has 5 heteroatoms. The highest BCUT2D eigenvalue weighted by atomic mass is 16.5. The van der Waals surface area contributed by atoms with Crippen LogP contribution in [0.5, 0.6) is 5.75 Å². The molecule has 0 saturated carbocycles. The molecule has 2 saturated heterocycles. The van der Waals surface area contributed by atoms with Gasteiger partial charge in [0.25, 0.3) is 0 Å². The first-order valence-corrected chi connectivity index (χ1v) is 12.9. The van der Waals surface area contributed by atoms with E-state index in [2.05, 4.69) is 51.2 Å². The summed E-state index contributed by atoms with van der Waals surface area (Å²) in [5.41, 5.74) is 2.14. The molecule has 0 N–H and O–H groups in total. The Kier molecular flexibility index (Phi) is 7.74. The fourth-order valence-electron chi connectivity index (χ4n) is 5.25. The fraction of sp³-hybridized carbons (Fsp3) is 0.400. The van der Waals surface area contributed by atoms with Gasteiger partial charge in [0, 0.05) is 50.7 Å². The Labute approximate surface area is 208 Å². The van der Waals surface area contributed by atoms with Gasteiger partial charge in [-0.1, -0.05) is 48.5 Å². The zero-order valence-electron chi connectivity index (χ0n) is 20.4. The number of rotatable bonds is 8. The van der Waals surface area contributed by atoms with Gasteiger partial charge in [0.15, 0.2) is 5.78 Å². The molecule has 2 fully saturated rings. The predicted molar refractivity (Wildman–Crippen MR) is 140 cm³/mol. The van der Waals surface area contributed by atoms with Gasteiger partial charge in [-0.05, 0) is 61.7 Å². The molecule has 5 nitrogen and oxygen atoms in total. The van der Waals surface area contributed by atoms with E-state index in [1.807, 2.05) is 42.6 Å². The van der Waals surface area contributed by atoms with Crippen molar-refractivity contribution in [2.45, 2.75) is 44.8 Å². The van der Waals surface area contributed by atoms with Crippen molar-refractivity contribution >= 4 is 11.6 Å². The number of carbonyl (C=O) groups excluding carboxylic acids is 1. The molecule has 2 aliphatic rings. The van der Waals surface area contributed by atoms with Crippen LogP contribution in [0.2, 0.25) is 0 Å². The monoisotopic (exact) mass is 469 g/mol. The van der Waals surface area contributed by atoms with Crippen LogP contribution in [-0.4, -0.2) is 48.0 Å². The number of piperidine rings is 2. The Morgan fingerprint density at radius 2 is 1.63 bits per heavy atom. The molecule has 0 unspecified atom stereocenters. The van der Waals surface area contributed by atoms with Crippen LogP contribution in [0.1, 0.15) is 48.0 Å². The quantitative estimate of drug-likeness (QED) is 0.401. The molecule has 0 amide bonds. The lowest BCUT2D eigenvalue weighted by atomic mass is 9.89. The SMILES string of the molecule is O=C(CC1CCN(Cc2ccccc2)CC1)c1cccc(OC2CCN(c3ccccn3)CC2)c1. The number of hydrogen-bond donors (Lipinski definition) is 0. The topological polar surface area (TPSA) is 45.7 Å². The van der Waals surface area contributed by atoms with Gasteiger partial charge in [-0.2, -0.15) is 0 Å². The second-order valence-corrected chi connectivity index (χ2v) is 9.85. The normalized spacial score (nSPS) is 17.9. The number of Topliss-reactive ketones (excluding diaryl/α,β-unsaturated/α-hetero) is 1. The first-order valence-electron chi connectivity index (χ1n) is 12.9. The molecule has 0 radical (unpaired) electrons. The van der Waals surface area contributed by atoms with Gasteiger partial charge in [-0.15, -0.1) is 0 Å². The fourth-order valence-corrected chi connectivity index (χ4v) is 5.25. The summed E-state index contributed by atoms with van der Waals surface area (Å²) < 4.78 is 6.28. The largest absolute Gasteiger partial charge is 0.490 e. The van der Waals surface area contributed by atoms with Crippen molar-refractivity contribution in [3.8, 4) is 5.75 Å². The number of hydrogen-bond acceptors (Lipinski definition) is 5. The molecule has 35 heavy (non-hydrogen) atoms. The van der Waals surface area contributed by atoms with Crippen LogP contribution in [0.3, 0.4) is 0 Å². The number of ketones is 1. The predicted octanol–water partition coefficient (Wildman–Crippen LogP) is 5.61. The molecule has 2 aromatic carbocycles. The van der Waals surface area contributed by atoms with Gasteiger partial charge in [-0.25, -0.2) is 4.98 Å². The summed E-state index contributed by atoms with van der Waals surface area (Å²) in [4.78, 5) is 22.3. The van der Waals surface area contributed by atoms with Gasteiger partial charge in [0.2, 0.25) is 0 Å². The highest BCUT2D eigenvalue weighted by Crippen LogP contribution is 2.26. The Hall–Kier alpha value is -3.18. The van der Waals surface area contributed by atoms with Crippen molar-refractivity contribution in [3.63, 3.8) is 0 Å². The molecular formula is C30H35N3O2. The second-order valence-electron chi connectivity index (χ2n) is 9.85. The first-order chi connectivity index (χ1) is 17.2. The zero-order valence-corrected chi connectivity index (χ0v) is 20.4. The Morgan fingerprint density at radius 3 is 2.37 bits per heavy atom. The second kappa shape index (κ2) is 11.5. The summed E-state index contributed by atoms with van der Waals surface area (Å²) >= 11 is 0. The van der Waals surface area contributed by atoms with Gasteiger partial charge in [-0.3, -0.25) is 9.69 Å². The number of ether oxygens (including phenoxy) is 1. The molecule has 0 spiro atoms. The third kappa shape index (κ3) is 6.49. The minimum absolute atomic E-state index is 0.175. The number of anilines is 1. The maximum atomic E-state index is 13.0. The van der Waals surface area contributed by atoms with Crippen LogP contribution in [0.25, 0.3) is 0 Å². The number of benzene rings is 2. The van der Waals surface area contributed by atoms with Gasteiger partial charge < -0.3 is 9.64 Å². The van der Waals surface area contributed by atoms with Crippen LogP contribution < -0.4 is 9.64 Å². The van der Waals surface area contributed by atoms with Crippen molar-refractivity contribution in [3.05, 3.63) is 90.1 Å². The van der Waals surface area contributed by atoms with E-state index < -0.39 is 0 Å². The summed E-state index contributed by atoms with van der Waals surface area (Å²) in [6, 6.07) is 24.5. The van der Waals surface area contributed by atoms with E-state index in [9.17, 15) is 4.79 Å². The average molecular weight is 470 g/mol. The Bertz CT molecular complexity index is 1070. The Morgan fingerprint density at radius 1 is 0.857 bits per heavy atom. The number of nitrogens with zero attached hydrogens (tertiary/aromatic N) is 3. The highest BCUT2D eigenvalue weighted by molar-refractivity contribution is 5.96. The van der Waals surface area contributed by atoms with E-state index in [-0.39, 0.29) is 11.9 Å². The smallest absolute Gasteiger partial charge is 0.163 e. The molecule has 0 bridgehead atoms. The average Bonchev–Trinajstić information content (AvgIpc) is 2.91. The Balaban J connectivity index is 1.08.